The Kier molecular flexibility index (Phi) is 3.99. The van der Waals surface area contributed by atoms with Crippen molar-refractivity contribution in [3.63, 3.8) is 0 Å². The molecule has 0 aliphatic carbocycles. The lowest BCUT2D eigenvalue weighted by atomic mass is 10.1. The molecule has 0 radical (unpaired) electrons. The number of carbonyl (C=O) groups excluding carboxylic acids is 1. The number of rotatable bonds is 4. The normalized spacial score (nSPS) is 8.94. The van der Waals surface area contributed by atoms with E-state index in [1.807, 2.05) is 12.1 Å². The molecule has 4 nitrogen and oxygen atoms in total. The topological polar surface area (TPSA) is 67.9 Å². The van der Waals surface area contributed by atoms with Crippen molar-refractivity contribution in [3.05, 3.63) is 29.6 Å². The molecule has 0 saturated heterocycles. The Morgan fingerprint density at radius 3 is 2.44 bits per heavy atom. The minimum atomic E-state index is -0.528. The van der Waals surface area contributed by atoms with Crippen LogP contribution in [0.15, 0.2) is 18.2 Å². The van der Waals surface area contributed by atoms with Crippen LogP contribution in [-0.4, -0.2) is 19.4 Å². The highest BCUT2D eigenvalue weighted by Gasteiger charge is 2.11. The van der Waals surface area contributed by atoms with Gasteiger partial charge in [0, 0.05) is 11.3 Å². The van der Waals surface area contributed by atoms with Gasteiger partial charge in [0.15, 0.2) is 6.29 Å². The van der Waals surface area contributed by atoms with Crippen LogP contribution in [-0.2, 0) is 0 Å². The van der Waals surface area contributed by atoms with Crippen LogP contribution in [0.2, 0.25) is 0 Å². The minimum absolute atomic E-state index is 0.0277. The Labute approximate surface area is 92.1 Å². The molecule has 80 valence electrons. The van der Waals surface area contributed by atoms with Gasteiger partial charge in [0.05, 0.1) is 12.1 Å². The third-order valence-corrected chi connectivity index (χ3v) is 1.98. The van der Waals surface area contributed by atoms with Gasteiger partial charge in [-0.25, -0.2) is 4.39 Å². The van der Waals surface area contributed by atoms with E-state index in [9.17, 15) is 9.18 Å². The van der Waals surface area contributed by atoms with Crippen molar-refractivity contribution in [1.29, 1.82) is 10.5 Å². The third kappa shape index (κ3) is 2.55. The van der Waals surface area contributed by atoms with Gasteiger partial charge in [-0.1, -0.05) is 0 Å². The summed E-state index contributed by atoms with van der Waals surface area (Å²) in [7, 11) is 0. The van der Waals surface area contributed by atoms with Crippen molar-refractivity contribution in [3.8, 4) is 12.1 Å². The summed E-state index contributed by atoms with van der Waals surface area (Å²) in [6.07, 6.45) is 0.500. The molecule has 16 heavy (non-hydrogen) atoms. The van der Waals surface area contributed by atoms with Gasteiger partial charge in [-0.3, -0.25) is 4.79 Å². The first-order valence-electron chi connectivity index (χ1n) is 4.46. The molecule has 1 aromatic carbocycles. The lowest BCUT2D eigenvalue weighted by molar-refractivity contribution is 0.112. The summed E-state index contributed by atoms with van der Waals surface area (Å²) in [6.45, 7) is -0.0555. The molecular formula is C11H8FN3O. The second-order valence-corrected chi connectivity index (χ2v) is 2.99. The van der Waals surface area contributed by atoms with Crippen LogP contribution in [0, 0.1) is 28.5 Å². The van der Waals surface area contributed by atoms with E-state index in [0.29, 0.717) is 12.0 Å². The van der Waals surface area contributed by atoms with Crippen molar-refractivity contribution >= 4 is 12.0 Å². The number of hydrogen-bond acceptors (Lipinski definition) is 4. The van der Waals surface area contributed by atoms with Crippen molar-refractivity contribution < 1.29 is 9.18 Å². The van der Waals surface area contributed by atoms with E-state index in [1.165, 1.54) is 17.0 Å². The summed E-state index contributed by atoms with van der Waals surface area (Å²) in [5.41, 5.74) is 0.519. The Morgan fingerprint density at radius 2 is 1.94 bits per heavy atom. The van der Waals surface area contributed by atoms with Gasteiger partial charge in [-0.15, -0.1) is 0 Å². The molecule has 0 atom stereocenters. The Morgan fingerprint density at radius 1 is 1.31 bits per heavy atom. The maximum atomic E-state index is 12.9. The molecule has 0 N–H and O–H groups in total. The molecule has 0 aromatic heterocycles. The van der Waals surface area contributed by atoms with Crippen molar-refractivity contribution in [1.82, 2.24) is 0 Å². The standard InChI is InChI=1S/C11H8FN3O/c12-10-1-2-11(9(7-10)8-16)15(5-3-13)6-4-14/h1-2,7-8H,5-6H2. The molecule has 0 heterocycles. The highest BCUT2D eigenvalue weighted by Crippen LogP contribution is 2.19. The number of anilines is 1. The molecule has 0 bridgehead atoms. The van der Waals surface area contributed by atoms with E-state index in [-0.39, 0.29) is 18.7 Å². The Balaban J connectivity index is 3.14. The van der Waals surface area contributed by atoms with E-state index in [1.54, 1.807) is 0 Å². The van der Waals surface area contributed by atoms with Crippen LogP contribution in [0.5, 0.6) is 0 Å². The third-order valence-electron chi connectivity index (χ3n) is 1.98. The van der Waals surface area contributed by atoms with Gasteiger partial charge in [0.2, 0.25) is 0 Å². The summed E-state index contributed by atoms with van der Waals surface area (Å²) in [5, 5.41) is 17.2. The van der Waals surface area contributed by atoms with Gasteiger partial charge in [0.1, 0.15) is 18.9 Å². The Hall–Kier alpha value is -2.40. The van der Waals surface area contributed by atoms with E-state index in [4.69, 9.17) is 10.5 Å². The molecule has 0 spiro atoms. The van der Waals surface area contributed by atoms with Gasteiger partial charge in [-0.2, -0.15) is 10.5 Å². The smallest absolute Gasteiger partial charge is 0.152 e. The summed E-state index contributed by atoms with van der Waals surface area (Å²) in [4.78, 5) is 12.1. The van der Waals surface area contributed by atoms with Crippen LogP contribution in [0.3, 0.4) is 0 Å². The maximum Gasteiger partial charge on any atom is 0.152 e. The van der Waals surface area contributed by atoms with Gasteiger partial charge >= 0.3 is 0 Å². The zero-order valence-electron chi connectivity index (χ0n) is 8.35. The molecule has 0 unspecified atom stereocenters. The molecule has 5 heteroatoms. The lowest BCUT2D eigenvalue weighted by Crippen LogP contribution is -2.25. The quantitative estimate of drug-likeness (QED) is 0.566. The van der Waals surface area contributed by atoms with Crippen LogP contribution in [0.4, 0.5) is 10.1 Å². The first-order valence-corrected chi connectivity index (χ1v) is 4.46. The average Bonchev–Trinajstić information content (AvgIpc) is 2.28. The molecule has 1 aromatic rings. The highest BCUT2D eigenvalue weighted by molar-refractivity contribution is 5.84. The van der Waals surface area contributed by atoms with Crippen molar-refractivity contribution in [2.75, 3.05) is 18.0 Å². The van der Waals surface area contributed by atoms with E-state index >= 15 is 0 Å². The zero-order chi connectivity index (χ0) is 12.0. The molecule has 1 rings (SSSR count). The monoisotopic (exact) mass is 217 g/mol. The molecule has 0 aliphatic rings. The molecule has 0 amide bonds. The summed E-state index contributed by atoms with van der Waals surface area (Å²) in [6, 6.07) is 7.41. The average molecular weight is 217 g/mol. The fraction of sp³-hybridized carbons (Fsp3) is 0.182. The SMILES string of the molecule is N#CCN(CC#N)c1ccc(F)cc1C=O. The summed E-state index contributed by atoms with van der Waals surface area (Å²) >= 11 is 0. The van der Waals surface area contributed by atoms with Crippen LogP contribution >= 0.6 is 0 Å². The molecular weight excluding hydrogens is 209 g/mol. The number of aldehydes is 1. The number of nitriles is 2. The molecule has 0 saturated carbocycles. The lowest BCUT2D eigenvalue weighted by Gasteiger charge is -2.19. The van der Waals surface area contributed by atoms with Crippen LogP contribution < -0.4 is 4.90 Å². The first kappa shape index (κ1) is 11.7. The fourth-order valence-corrected chi connectivity index (χ4v) is 1.30. The number of carbonyl (C=O) groups is 1. The van der Waals surface area contributed by atoms with E-state index in [2.05, 4.69) is 0 Å². The maximum absolute atomic E-state index is 12.9. The zero-order valence-corrected chi connectivity index (χ0v) is 8.35. The predicted octanol–water partition coefficient (Wildman–Crippen LogP) is 1.49. The van der Waals surface area contributed by atoms with Crippen LogP contribution in [0.25, 0.3) is 0 Å². The minimum Gasteiger partial charge on any atom is -0.344 e. The van der Waals surface area contributed by atoms with E-state index in [0.717, 1.165) is 6.07 Å². The fourth-order valence-electron chi connectivity index (χ4n) is 1.30. The second-order valence-electron chi connectivity index (χ2n) is 2.99. The van der Waals surface area contributed by atoms with Crippen molar-refractivity contribution in [2.45, 2.75) is 0 Å². The first-order chi connectivity index (χ1) is 7.72. The summed E-state index contributed by atoms with van der Waals surface area (Å²) in [5.74, 6) is -0.528. The number of nitrogens with zero attached hydrogens (tertiary/aromatic N) is 3. The van der Waals surface area contributed by atoms with Gasteiger partial charge < -0.3 is 4.90 Å². The van der Waals surface area contributed by atoms with E-state index < -0.39 is 5.82 Å². The highest BCUT2D eigenvalue weighted by atomic mass is 19.1. The second kappa shape index (κ2) is 5.47. The van der Waals surface area contributed by atoms with Gasteiger partial charge in [-0.05, 0) is 18.2 Å². The van der Waals surface area contributed by atoms with Crippen LogP contribution in [0.1, 0.15) is 10.4 Å². The van der Waals surface area contributed by atoms with Crippen molar-refractivity contribution in [2.24, 2.45) is 0 Å². The summed E-state index contributed by atoms with van der Waals surface area (Å²) < 4.78 is 12.9. The Bertz CT molecular complexity index is 457. The molecule has 0 fully saturated rings. The number of benzene rings is 1. The largest absolute Gasteiger partial charge is 0.344 e. The number of halogens is 1. The number of hydrogen-bond donors (Lipinski definition) is 0. The predicted molar refractivity (Wildman–Crippen MR) is 55.2 cm³/mol. The molecule has 0 aliphatic heterocycles. The van der Waals surface area contributed by atoms with Gasteiger partial charge in [0.25, 0.3) is 0 Å².